The lowest BCUT2D eigenvalue weighted by Gasteiger charge is -2.14. The Morgan fingerprint density at radius 3 is 2.33 bits per heavy atom. The molecule has 24 heavy (non-hydrogen) atoms. The van der Waals surface area contributed by atoms with Gasteiger partial charge in [-0.15, -0.1) is 0 Å². The predicted molar refractivity (Wildman–Crippen MR) is 81.6 cm³/mol. The molecule has 2 aromatic carbocycles. The van der Waals surface area contributed by atoms with Crippen LogP contribution in [0.2, 0.25) is 0 Å². The van der Waals surface area contributed by atoms with Crippen LogP contribution < -0.4 is 10.6 Å². The molecule has 2 N–H and O–H groups in total. The quantitative estimate of drug-likeness (QED) is 0.825. The van der Waals surface area contributed by atoms with Crippen molar-refractivity contribution in [1.82, 2.24) is 10.6 Å². The summed E-state index contributed by atoms with van der Waals surface area (Å²) in [7, 11) is 0. The Balaban J connectivity index is 1.92. The van der Waals surface area contributed by atoms with Crippen LogP contribution in [0.15, 0.2) is 42.5 Å². The van der Waals surface area contributed by atoms with E-state index in [1.165, 1.54) is 0 Å². The summed E-state index contributed by atoms with van der Waals surface area (Å²) < 4.78 is 39.4. The fourth-order valence-corrected chi connectivity index (χ4v) is 2.07. The molecule has 0 aliphatic rings. The predicted octanol–water partition coefficient (Wildman–Crippen LogP) is 2.71. The normalized spacial score (nSPS) is 11.7. The van der Waals surface area contributed by atoms with Crippen LogP contribution in [0.5, 0.6) is 0 Å². The monoisotopic (exact) mass is 336 g/mol. The Labute approximate surface area is 136 Å². The Morgan fingerprint density at radius 1 is 1.00 bits per heavy atom. The van der Waals surface area contributed by atoms with Crippen molar-refractivity contribution in [3.05, 3.63) is 71.0 Å². The van der Waals surface area contributed by atoms with Crippen molar-refractivity contribution in [1.29, 1.82) is 0 Å². The van der Waals surface area contributed by atoms with Gasteiger partial charge in [0.15, 0.2) is 17.5 Å². The third-order valence-electron chi connectivity index (χ3n) is 3.37. The summed E-state index contributed by atoms with van der Waals surface area (Å²) in [6.07, 6.45) is 0. The van der Waals surface area contributed by atoms with Gasteiger partial charge in [0.1, 0.15) is 0 Å². The van der Waals surface area contributed by atoms with Crippen LogP contribution in [-0.2, 0) is 4.79 Å². The zero-order valence-corrected chi connectivity index (χ0v) is 12.8. The van der Waals surface area contributed by atoms with Gasteiger partial charge in [-0.2, -0.15) is 0 Å². The first-order valence-corrected chi connectivity index (χ1v) is 7.16. The lowest BCUT2D eigenvalue weighted by atomic mass is 10.1. The van der Waals surface area contributed by atoms with Crippen molar-refractivity contribution in [3.63, 3.8) is 0 Å². The lowest BCUT2D eigenvalue weighted by molar-refractivity contribution is -0.120. The average Bonchev–Trinajstić information content (AvgIpc) is 2.58. The summed E-state index contributed by atoms with van der Waals surface area (Å²) in [6.45, 7) is 1.35. The second kappa shape index (κ2) is 7.63. The first kappa shape index (κ1) is 17.5. The van der Waals surface area contributed by atoms with Gasteiger partial charge in [-0.25, -0.2) is 13.2 Å². The Morgan fingerprint density at radius 2 is 1.67 bits per heavy atom. The van der Waals surface area contributed by atoms with Gasteiger partial charge in [0.05, 0.1) is 18.2 Å². The maximum Gasteiger partial charge on any atom is 0.254 e. The topological polar surface area (TPSA) is 58.2 Å². The summed E-state index contributed by atoms with van der Waals surface area (Å²) in [5.74, 6) is -6.22. The van der Waals surface area contributed by atoms with Crippen LogP contribution in [0, 0.1) is 17.5 Å². The minimum absolute atomic E-state index is 0.282. The zero-order chi connectivity index (χ0) is 17.7. The first-order valence-electron chi connectivity index (χ1n) is 7.16. The fraction of sp³-hybridized carbons (Fsp3) is 0.176. The third-order valence-corrected chi connectivity index (χ3v) is 3.37. The van der Waals surface area contributed by atoms with E-state index in [-0.39, 0.29) is 6.04 Å². The molecule has 2 aromatic rings. The van der Waals surface area contributed by atoms with E-state index in [0.29, 0.717) is 6.07 Å². The Kier molecular flexibility index (Phi) is 5.57. The molecular weight excluding hydrogens is 321 g/mol. The second-order valence-electron chi connectivity index (χ2n) is 5.11. The summed E-state index contributed by atoms with van der Waals surface area (Å²) in [4.78, 5) is 23.6. The summed E-state index contributed by atoms with van der Waals surface area (Å²) in [6, 6.07) is 10.3. The maximum absolute atomic E-state index is 13.5. The molecule has 7 heteroatoms. The van der Waals surface area contributed by atoms with Gasteiger partial charge in [-0.3, -0.25) is 9.59 Å². The highest BCUT2D eigenvalue weighted by Gasteiger charge is 2.19. The van der Waals surface area contributed by atoms with E-state index < -0.39 is 41.4 Å². The number of hydrogen-bond donors (Lipinski definition) is 2. The number of halogens is 3. The number of rotatable bonds is 5. The van der Waals surface area contributed by atoms with Crippen LogP contribution in [0.4, 0.5) is 13.2 Å². The zero-order valence-electron chi connectivity index (χ0n) is 12.8. The van der Waals surface area contributed by atoms with E-state index in [1.54, 1.807) is 6.92 Å². The molecule has 0 spiro atoms. The van der Waals surface area contributed by atoms with Crippen molar-refractivity contribution >= 4 is 11.8 Å². The van der Waals surface area contributed by atoms with Crippen LogP contribution in [0.3, 0.4) is 0 Å². The molecule has 0 radical (unpaired) electrons. The van der Waals surface area contributed by atoms with E-state index in [0.717, 1.165) is 11.6 Å². The minimum atomic E-state index is -1.73. The number of benzene rings is 2. The molecule has 1 unspecified atom stereocenters. The van der Waals surface area contributed by atoms with Crippen LogP contribution in [0.1, 0.15) is 28.9 Å². The fourth-order valence-electron chi connectivity index (χ4n) is 2.07. The molecule has 4 nitrogen and oxygen atoms in total. The molecule has 0 aliphatic carbocycles. The average molecular weight is 336 g/mol. The number of carbonyl (C=O) groups excluding carboxylic acids is 2. The number of amides is 2. The van der Waals surface area contributed by atoms with Crippen molar-refractivity contribution in [3.8, 4) is 0 Å². The molecule has 0 heterocycles. The Bertz CT molecular complexity index is 751. The van der Waals surface area contributed by atoms with Crippen LogP contribution in [0.25, 0.3) is 0 Å². The highest BCUT2D eigenvalue weighted by molar-refractivity contribution is 5.96. The third kappa shape index (κ3) is 4.13. The standard InChI is InChI=1S/C17H15F3N2O2/c1-10(11-5-3-2-4-6-11)22-14(23)9-21-17(24)12-7-8-13(18)16(20)15(12)19/h2-8,10H,9H2,1H3,(H,21,24)(H,22,23). The van der Waals surface area contributed by atoms with Crippen molar-refractivity contribution in [2.45, 2.75) is 13.0 Å². The van der Waals surface area contributed by atoms with Crippen molar-refractivity contribution in [2.75, 3.05) is 6.54 Å². The minimum Gasteiger partial charge on any atom is -0.348 e. The number of carbonyl (C=O) groups is 2. The molecule has 0 bridgehead atoms. The molecule has 1 atom stereocenters. The molecule has 0 aliphatic heterocycles. The Hall–Kier alpha value is -2.83. The molecule has 2 amide bonds. The SMILES string of the molecule is CC(NC(=O)CNC(=O)c1ccc(F)c(F)c1F)c1ccccc1. The molecule has 0 saturated carbocycles. The highest BCUT2D eigenvalue weighted by atomic mass is 19.2. The van der Waals surface area contributed by atoms with Gasteiger partial charge in [0.25, 0.3) is 5.91 Å². The summed E-state index contributed by atoms with van der Waals surface area (Å²) >= 11 is 0. The number of nitrogens with one attached hydrogen (secondary N) is 2. The smallest absolute Gasteiger partial charge is 0.254 e. The van der Waals surface area contributed by atoms with Gasteiger partial charge in [0.2, 0.25) is 5.91 Å². The van der Waals surface area contributed by atoms with E-state index in [4.69, 9.17) is 0 Å². The largest absolute Gasteiger partial charge is 0.348 e. The van der Waals surface area contributed by atoms with E-state index >= 15 is 0 Å². The summed E-state index contributed by atoms with van der Waals surface area (Å²) in [5, 5.41) is 4.82. The van der Waals surface area contributed by atoms with Crippen LogP contribution in [-0.4, -0.2) is 18.4 Å². The summed E-state index contributed by atoms with van der Waals surface area (Å²) in [5.41, 5.74) is 0.210. The van der Waals surface area contributed by atoms with Gasteiger partial charge < -0.3 is 10.6 Å². The number of hydrogen-bond acceptors (Lipinski definition) is 2. The van der Waals surface area contributed by atoms with Crippen molar-refractivity contribution in [2.24, 2.45) is 0 Å². The highest BCUT2D eigenvalue weighted by Crippen LogP contribution is 2.15. The van der Waals surface area contributed by atoms with Gasteiger partial charge in [-0.05, 0) is 24.6 Å². The van der Waals surface area contributed by atoms with Gasteiger partial charge in [-0.1, -0.05) is 30.3 Å². The van der Waals surface area contributed by atoms with E-state index in [1.807, 2.05) is 30.3 Å². The second-order valence-corrected chi connectivity index (χ2v) is 5.11. The van der Waals surface area contributed by atoms with Gasteiger partial charge in [0, 0.05) is 0 Å². The first-order chi connectivity index (χ1) is 11.4. The van der Waals surface area contributed by atoms with Crippen LogP contribution >= 0.6 is 0 Å². The maximum atomic E-state index is 13.5. The molecule has 0 fully saturated rings. The molecule has 0 saturated heterocycles. The van der Waals surface area contributed by atoms with E-state index in [9.17, 15) is 22.8 Å². The van der Waals surface area contributed by atoms with Crippen molar-refractivity contribution < 1.29 is 22.8 Å². The lowest BCUT2D eigenvalue weighted by Crippen LogP contribution is -2.38. The molecule has 126 valence electrons. The van der Waals surface area contributed by atoms with Gasteiger partial charge >= 0.3 is 0 Å². The molecule has 2 rings (SSSR count). The van der Waals surface area contributed by atoms with E-state index in [2.05, 4.69) is 10.6 Å². The molecular formula is C17H15F3N2O2. The molecule has 0 aromatic heterocycles.